The number of amides is 1. The number of carbonyl (C=O) groups is 1. The van der Waals surface area contributed by atoms with Crippen LogP contribution in [-0.4, -0.2) is 36.7 Å². The van der Waals surface area contributed by atoms with E-state index in [1.165, 1.54) is 6.07 Å². The number of carbonyl (C=O) groups excluding carboxylic acids is 1. The van der Waals surface area contributed by atoms with Crippen LogP contribution < -0.4 is 9.62 Å². The lowest BCUT2D eigenvalue weighted by Crippen LogP contribution is -2.52. The number of anilines is 1. The van der Waals surface area contributed by atoms with E-state index in [9.17, 15) is 13.2 Å². The van der Waals surface area contributed by atoms with Crippen LogP contribution in [0.1, 0.15) is 12.8 Å². The van der Waals surface area contributed by atoms with Crippen molar-refractivity contribution in [1.82, 2.24) is 14.5 Å². The van der Waals surface area contributed by atoms with Crippen molar-refractivity contribution in [3.63, 3.8) is 0 Å². The van der Waals surface area contributed by atoms with Crippen molar-refractivity contribution in [3.8, 4) is 0 Å². The van der Waals surface area contributed by atoms with Crippen LogP contribution in [0, 0.1) is 0 Å². The summed E-state index contributed by atoms with van der Waals surface area (Å²) >= 11 is 1.13. The average molecular weight is 340 g/mol. The fourth-order valence-electron chi connectivity index (χ4n) is 2.51. The van der Waals surface area contributed by atoms with Crippen molar-refractivity contribution in [2.75, 3.05) is 11.4 Å². The maximum absolute atomic E-state index is 12.6. The van der Waals surface area contributed by atoms with Gasteiger partial charge < -0.3 is 0 Å². The van der Waals surface area contributed by atoms with Crippen LogP contribution >= 0.6 is 11.3 Å². The minimum absolute atomic E-state index is 0.220. The standard InChI is InChI=1S/C13H16N4O3S2/c1-16-11(6-7-14-16)17-8-2-4-10(13(17)18)15-22(19,20)12-5-3-9-21-12/h3,5-7,9-10,15H,2,4,8H2,1H3/t10-/m0/s1. The molecule has 1 N–H and O–H groups in total. The van der Waals surface area contributed by atoms with Crippen molar-refractivity contribution in [3.05, 3.63) is 29.8 Å². The Balaban J connectivity index is 1.81. The number of nitrogens with zero attached hydrogens (tertiary/aromatic N) is 3. The van der Waals surface area contributed by atoms with E-state index in [0.717, 1.165) is 17.8 Å². The second-order valence-corrected chi connectivity index (χ2v) is 7.94. The number of hydrogen-bond acceptors (Lipinski definition) is 5. The van der Waals surface area contributed by atoms with E-state index < -0.39 is 16.1 Å². The minimum atomic E-state index is -3.65. The molecule has 1 fully saturated rings. The Kier molecular flexibility index (Phi) is 4.02. The van der Waals surface area contributed by atoms with Gasteiger partial charge in [-0.1, -0.05) is 6.07 Å². The van der Waals surface area contributed by atoms with E-state index in [-0.39, 0.29) is 10.1 Å². The third-order valence-electron chi connectivity index (χ3n) is 3.57. The zero-order valence-electron chi connectivity index (χ0n) is 12.0. The van der Waals surface area contributed by atoms with Crippen LogP contribution in [0.2, 0.25) is 0 Å². The predicted octanol–water partition coefficient (Wildman–Crippen LogP) is 0.956. The van der Waals surface area contributed by atoms with Crippen molar-refractivity contribution in [1.29, 1.82) is 0 Å². The summed E-state index contributed by atoms with van der Waals surface area (Å²) in [6, 6.07) is 4.20. The van der Waals surface area contributed by atoms with Crippen LogP contribution in [0.3, 0.4) is 0 Å². The molecule has 7 nitrogen and oxygen atoms in total. The summed E-state index contributed by atoms with van der Waals surface area (Å²) in [5, 5.41) is 5.75. The molecular formula is C13H16N4O3S2. The molecule has 2 aromatic rings. The normalized spacial score (nSPS) is 19.6. The maximum Gasteiger partial charge on any atom is 0.250 e. The molecule has 3 rings (SSSR count). The molecule has 0 unspecified atom stereocenters. The first-order valence-corrected chi connectivity index (χ1v) is 9.20. The van der Waals surface area contributed by atoms with Gasteiger partial charge >= 0.3 is 0 Å². The molecule has 2 aromatic heterocycles. The summed E-state index contributed by atoms with van der Waals surface area (Å²) in [5.41, 5.74) is 0. The fourth-order valence-corrected chi connectivity index (χ4v) is 4.74. The highest BCUT2D eigenvalue weighted by atomic mass is 32.2. The van der Waals surface area contributed by atoms with E-state index in [0.29, 0.717) is 18.8 Å². The summed E-state index contributed by atoms with van der Waals surface area (Å²) in [6.07, 6.45) is 2.84. The first kappa shape index (κ1) is 15.2. The number of aryl methyl sites for hydroxylation is 1. The molecule has 0 aromatic carbocycles. The average Bonchev–Trinajstić information content (AvgIpc) is 3.13. The molecule has 0 spiro atoms. The molecule has 1 aliphatic heterocycles. The van der Waals surface area contributed by atoms with Crippen LogP contribution in [0.4, 0.5) is 5.82 Å². The highest BCUT2D eigenvalue weighted by Gasteiger charge is 2.34. The molecular weight excluding hydrogens is 324 g/mol. The van der Waals surface area contributed by atoms with Crippen molar-refractivity contribution in [2.24, 2.45) is 7.05 Å². The van der Waals surface area contributed by atoms with Crippen LogP contribution in [0.25, 0.3) is 0 Å². The Labute approximate surface area is 132 Å². The molecule has 0 aliphatic carbocycles. The Morgan fingerprint density at radius 2 is 2.23 bits per heavy atom. The van der Waals surface area contributed by atoms with Gasteiger partial charge in [0.2, 0.25) is 5.91 Å². The maximum atomic E-state index is 12.6. The van der Waals surface area contributed by atoms with E-state index in [1.54, 1.807) is 40.3 Å². The number of aromatic nitrogens is 2. The van der Waals surface area contributed by atoms with Gasteiger partial charge in [-0.3, -0.25) is 14.4 Å². The van der Waals surface area contributed by atoms with E-state index in [4.69, 9.17) is 0 Å². The minimum Gasteiger partial charge on any atom is -0.296 e. The topological polar surface area (TPSA) is 84.3 Å². The molecule has 1 amide bonds. The zero-order chi connectivity index (χ0) is 15.7. The molecule has 9 heteroatoms. The van der Waals surface area contributed by atoms with Gasteiger partial charge in [0, 0.05) is 19.7 Å². The molecule has 1 aliphatic rings. The van der Waals surface area contributed by atoms with Gasteiger partial charge in [0.25, 0.3) is 10.0 Å². The Morgan fingerprint density at radius 3 is 2.86 bits per heavy atom. The first-order chi connectivity index (χ1) is 10.5. The Bertz CT molecular complexity index is 767. The smallest absolute Gasteiger partial charge is 0.250 e. The molecule has 3 heterocycles. The summed E-state index contributed by atoms with van der Waals surface area (Å²) in [6.45, 7) is 0.565. The molecule has 1 saturated heterocycles. The van der Waals surface area contributed by atoms with Crippen LogP contribution in [0.15, 0.2) is 34.0 Å². The fraction of sp³-hybridized carbons (Fsp3) is 0.385. The van der Waals surface area contributed by atoms with Crippen LogP contribution in [-0.2, 0) is 21.9 Å². The largest absolute Gasteiger partial charge is 0.296 e. The number of piperidine rings is 1. The summed E-state index contributed by atoms with van der Waals surface area (Å²) in [7, 11) is -1.90. The third kappa shape index (κ3) is 2.79. The quantitative estimate of drug-likeness (QED) is 0.898. The van der Waals surface area contributed by atoms with E-state index >= 15 is 0 Å². The highest BCUT2D eigenvalue weighted by molar-refractivity contribution is 7.91. The third-order valence-corrected chi connectivity index (χ3v) is 6.44. The van der Waals surface area contributed by atoms with Gasteiger partial charge in [0.05, 0.1) is 6.20 Å². The molecule has 0 bridgehead atoms. The highest BCUT2D eigenvalue weighted by Crippen LogP contribution is 2.22. The van der Waals surface area contributed by atoms with Crippen LogP contribution in [0.5, 0.6) is 0 Å². The summed E-state index contributed by atoms with van der Waals surface area (Å²) < 4.78 is 28.9. The van der Waals surface area contributed by atoms with Gasteiger partial charge in [-0.25, -0.2) is 8.42 Å². The van der Waals surface area contributed by atoms with Gasteiger partial charge in [-0.2, -0.15) is 9.82 Å². The second-order valence-electron chi connectivity index (χ2n) is 5.05. The zero-order valence-corrected chi connectivity index (χ0v) is 13.6. The van der Waals surface area contributed by atoms with Crippen molar-refractivity contribution < 1.29 is 13.2 Å². The van der Waals surface area contributed by atoms with Crippen molar-refractivity contribution in [2.45, 2.75) is 23.1 Å². The lowest BCUT2D eigenvalue weighted by atomic mass is 10.1. The molecule has 1 atom stereocenters. The number of thiophene rings is 1. The molecule has 118 valence electrons. The number of sulfonamides is 1. The summed E-state index contributed by atoms with van der Waals surface area (Å²) in [4.78, 5) is 14.2. The van der Waals surface area contributed by atoms with Crippen molar-refractivity contribution >= 4 is 33.1 Å². The predicted molar refractivity (Wildman–Crippen MR) is 83.2 cm³/mol. The molecule has 22 heavy (non-hydrogen) atoms. The second kappa shape index (κ2) is 5.82. The molecule has 0 saturated carbocycles. The number of hydrogen-bond donors (Lipinski definition) is 1. The molecule has 0 radical (unpaired) electrons. The Morgan fingerprint density at radius 1 is 1.41 bits per heavy atom. The lowest BCUT2D eigenvalue weighted by molar-refractivity contribution is -0.121. The lowest BCUT2D eigenvalue weighted by Gasteiger charge is -2.32. The monoisotopic (exact) mass is 340 g/mol. The van der Waals surface area contributed by atoms with Gasteiger partial charge in [0.1, 0.15) is 16.1 Å². The Hall–Kier alpha value is -1.71. The van der Waals surface area contributed by atoms with Gasteiger partial charge in [-0.15, -0.1) is 11.3 Å². The van der Waals surface area contributed by atoms with Gasteiger partial charge in [-0.05, 0) is 24.3 Å². The number of nitrogens with one attached hydrogen (secondary N) is 1. The van der Waals surface area contributed by atoms with Gasteiger partial charge in [0.15, 0.2) is 0 Å². The SMILES string of the molecule is Cn1nccc1N1CCC[C@H](NS(=O)(=O)c2cccs2)C1=O. The summed E-state index contributed by atoms with van der Waals surface area (Å²) in [5.74, 6) is 0.431. The van der Waals surface area contributed by atoms with E-state index in [1.807, 2.05) is 0 Å². The number of rotatable bonds is 4. The first-order valence-electron chi connectivity index (χ1n) is 6.84. The van der Waals surface area contributed by atoms with E-state index in [2.05, 4.69) is 9.82 Å².